The number of methoxy groups -OCH3 is 2. The zero-order valence-corrected chi connectivity index (χ0v) is 11.6. The number of ether oxygens (including phenoxy) is 2. The Morgan fingerprint density at radius 1 is 1.32 bits per heavy atom. The number of nitrogens with two attached hydrogens (primary N) is 1. The Morgan fingerprint density at radius 3 is 2.58 bits per heavy atom. The zero-order valence-electron chi connectivity index (χ0n) is 10.8. The molecule has 0 radical (unpaired) electrons. The summed E-state index contributed by atoms with van der Waals surface area (Å²) >= 11 is 6.12. The van der Waals surface area contributed by atoms with Crippen LogP contribution in [-0.4, -0.2) is 24.4 Å². The molecule has 1 heterocycles. The van der Waals surface area contributed by atoms with E-state index in [1.807, 2.05) is 0 Å². The topological polar surface area (TPSA) is 83.4 Å². The quantitative estimate of drug-likeness (QED) is 0.928. The van der Waals surface area contributed by atoms with E-state index in [4.69, 9.17) is 31.3 Å². The fraction of sp³-hybridized carbons (Fsp3) is 0.333. The normalized spacial score (nSPS) is 12.3. The van der Waals surface area contributed by atoms with E-state index in [0.29, 0.717) is 33.8 Å². The minimum Gasteiger partial charge on any atom is -0.493 e. The van der Waals surface area contributed by atoms with Crippen LogP contribution in [0.15, 0.2) is 16.7 Å². The number of benzene rings is 1. The molecule has 0 fully saturated rings. The predicted molar refractivity (Wildman–Crippen MR) is 70.5 cm³/mol. The lowest BCUT2D eigenvalue weighted by atomic mass is 10.2. The van der Waals surface area contributed by atoms with Crippen molar-refractivity contribution >= 4 is 11.6 Å². The lowest BCUT2D eigenvalue weighted by molar-refractivity contribution is 0.355. The third kappa shape index (κ3) is 2.64. The predicted octanol–water partition coefficient (Wildman–Crippen LogP) is 2.43. The molecule has 102 valence electrons. The summed E-state index contributed by atoms with van der Waals surface area (Å²) in [6, 6.07) is 3.08. The molecule has 6 nitrogen and oxygen atoms in total. The van der Waals surface area contributed by atoms with Gasteiger partial charge in [-0.15, -0.1) is 0 Å². The monoisotopic (exact) mass is 283 g/mol. The summed E-state index contributed by atoms with van der Waals surface area (Å²) < 4.78 is 15.4. The second kappa shape index (κ2) is 5.46. The van der Waals surface area contributed by atoms with Gasteiger partial charge in [0, 0.05) is 5.56 Å². The van der Waals surface area contributed by atoms with Crippen molar-refractivity contribution < 1.29 is 14.0 Å². The summed E-state index contributed by atoms with van der Waals surface area (Å²) in [5.41, 5.74) is 6.33. The fourth-order valence-electron chi connectivity index (χ4n) is 1.58. The Kier molecular flexibility index (Phi) is 3.92. The maximum absolute atomic E-state index is 6.12. The lowest BCUT2D eigenvalue weighted by Crippen LogP contribution is -2.04. The largest absolute Gasteiger partial charge is 0.493 e. The molecule has 0 saturated carbocycles. The SMILES string of the molecule is COc1cc(-c2noc([C@H](C)N)n2)cc(Cl)c1OC. The molecular formula is C12H14ClN3O3. The minimum atomic E-state index is -0.322. The van der Waals surface area contributed by atoms with Crippen molar-refractivity contribution in [3.63, 3.8) is 0 Å². The van der Waals surface area contributed by atoms with E-state index < -0.39 is 0 Å². The Labute approximate surface area is 115 Å². The molecule has 2 N–H and O–H groups in total. The van der Waals surface area contributed by atoms with E-state index in [9.17, 15) is 0 Å². The van der Waals surface area contributed by atoms with E-state index in [0.717, 1.165) is 0 Å². The first-order chi connectivity index (χ1) is 9.06. The first-order valence-electron chi connectivity index (χ1n) is 5.58. The van der Waals surface area contributed by atoms with E-state index in [1.165, 1.54) is 14.2 Å². The van der Waals surface area contributed by atoms with E-state index in [-0.39, 0.29) is 6.04 Å². The lowest BCUT2D eigenvalue weighted by Gasteiger charge is -2.10. The van der Waals surface area contributed by atoms with Crippen LogP contribution in [0.1, 0.15) is 18.9 Å². The molecule has 19 heavy (non-hydrogen) atoms. The standard InChI is InChI=1S/C12H14ClN3O3/c1-6(14)12-15-11(16-19-12)7-4-8(13)10(18-3)9(5-7)17-2/h4-6H,14H2,1-3H3/t6-/m0/s1. The van der Waals surface area contributed by atoms with Gasteiger partial charge in [0.2, 0.25) is 11.7 Å². The van der Waals surface area contributed by atoms with Crippen LogP contribution in [-0.2, 0) is 0 Å². The van der Waals surface area contributed by atoms with Gasteiger partial charge < -0.3 is 19.7 Å². The molecule has 0 amide bonds. The summed E-state index contributed by atoms with van der Waals surface area (Å²) in [6.45, 7) is 1.76. The molecule has 2 rings (SSSR count). The van der Waals surface area contributed by atoms with E-state index >= 15 is 0 Å². The van der Waals surface area contributed by atoms with Gasteiger partial charge in [-0.05, 0) is 19.1 Å². The number of rotatable bonds is 4. The Morgan fingerprint density at radius 2 is 2.05 bits per heavy atom. The average molecular weight is 284 g/mol. The van der Waals surface area contributed by atoms with Gasteiger partial charge in [0.25, 0.3) is 0 Å². The highest BCUT2D eigenvalue weighted by atomic mass is 35.5. The third-order valence-electron chi connectivity index (χ3n) is 2.52. The Bertz CT molecular complexity index is 584. The molecule has 0 unspecified atom stereocenters. The van der Waals surface area contributed by atoms with Crippen LogP contribution in [0.2, 0.25) is 5.02 Å². The number of hydrogen-bond acceptors (Lipinski definition) is 6. The van der Waals surface area contributed by atoms with Gasteiger partial charge in [0.1, 0.15) is 0 Å². The fourth-order valence-corrected chi connectivity index (χ4v) is 1.87. The molecule has 7 heteroatoms. The second-order valence-electron chi connectivity index (χ2n) is 3.94. The van der Waals surface area contributed by atoms with Crippen LogP contribution in [0, 0.1) is 0 Å². The third-order valence-corrected chi connectivity index (χ3v) is 2.80. The van der Waals surface area contributed by atoms with Gasteiger partial charge in [-0.2, -0.15) is 4.98 Å². The highest BCUT2D eigenvalue weighted by Gasteiger charge is 2.16. The molecule has 1 atom stereocenters. The van der Waals surface area contributed by atoms with Crippen molar-refractivity contribution in [3.8, 4) is 22.9 Å². The summed E-state index contributed by atoms with van der Waals surface area (Å²) in [5.74, 6) is 1.72. The van der Waals surface area contributed by atoms with Gasteiger partial charge in [-0.1, -0.05) is 16.8 Å². The molecule has 0 spiro atoms. The molecular weight excluding hydrogens is 270 g/mol. The molecule has 2 aromatic rings. The zero-order chi connectivity index (χ0) is 14.0. The number of hydrogen-bond donors (Lipinski definition) is 1. The van der Waals surface area contributed by atoms with Crippen molar-refractivity contribution in [2.24, 2.45) is 5.73 Å². The highest BCUT2D eigenvalue weighted by molar-refractivity contribution is 6.32. The van der Waals surface area contributed by atoms with Crippen LogP contribution < -0.4 is 15.2 Å². The van der Waals surface area contributed by atoms with Crippen LogP contribution in [0.25, 0.3) is 11.4 Å². The summed E-state index contributed by atoms with van der Waals surface area (Å²) in [7, 11) is 3.05. The van der Waals surface area contributed by atoms with Crippen LogP contribution in [0.3, 0.4) is 0 Å². The highest BCUT2D eigenvalue weighted by Crippen LogP contribution is 2.38. The van der Waals surface area contributed by atoms with Gasteiger partial charge in [0.15, 0.2) is 11.5 Å². The van der Waals surface area contributed by atoms with Gasteiger partial charge >= 0.3 is 0 Å². The van der Waals surface area contributed by atoms with E-state index in [1.54, 1.807) is 19.1 Å². The van der Waals surface area contributed by atoms with Crippen LogP contribution >= 0.6 is 11.6 Å². The molecule has 1 aromatic carbocycles. The molecule has 0 saturated heterocycles. The number of halogens is 1. The molecule has 0 aliphatic carbocycles. The van der Waals surface area contributed by atoms with Crippen LogP contribution in [0.4, 0.5) is 0 Å². The molecule has 0 aliphatic heterocycles. The summed E-state index contributed by atoms with van der Waals surface area (Å²) in [6.07, 6.45) is 0. The maximum atomic E-state index is 6.12. The Balaban J connectivity index is 2.47. The first-order valence-corrected chi connectivity index (χ1v) is 5.95. The number of aromatic nitrogens is 2. The van der Waals surface area contributed by atoms with Crippen molar-refractivity contribution in [1.82, 2.24) is 10.1 Å². The summed E-state index contributed by atoms with van der Waals surface area (Å²) in [4.78, 5) is 4.19. The van der Waals surface area contributed by atoms with E-state index in [2.05, 4.69) is 10.1 Å². The number of nitrogens with zero attached hydrogens (tertiary/aromatic N) is 2. The first kappa shape index (κ1) is 13.6. The second-order valence-corrected chi connectivity index (χ2v) is 4.35. The van der Waals surface area contributed by atoms with Crippen molar-refractivity contribution in [1.29, 1.82) is 0 Å². The van der Waals surface area contributed by atoms with Gasteiger partial charge in [-0.3, -0.25) is 0 Å². The Hall–Kier alpha value is -1.79. The van der Waals surface area contributed by atoms with Crippen molar-refractivity contribution in [2.45, 2.75) is 13.0 Å². The molecule has 1 aromatic heterocycles. The maximum Gasteiger partial charge on any atom is 0.243 e. The molecule has 0 aliphatic rings. The molecule has 0 bridgehead atoms. The minimum absolute atomic E-state index is 0.322. The summed E-state index contributed by atoms with van der Waals surface area (Å²) in [5, 5.41) is 4.27. The smallest absolute Gasteiger partial charge is 0.243 e. The van der Waals surface area contributed by atoms with Gasteiger partial charge in [-0.25, -0.2) is 0 Å². The van der Waals surface area contributed by atoms with Gasteiger partial charge in [0.05, 0.1) is 25.3 Å². The van der Waals surface area contributed by atoms with Crippen LogP contribution in [0.5, 0.6) is 11.5 Å². The van der Waals surface area contributed by atoms with Crippen molar-refractivity contribution in [3.05, 3.63) is 23.0 Å². The van der Waals surface area contributed by atoms with Crippen molar-refractivity contribution in [2.75, 3.05) is 14.2 Å². The average Bonchev–Trinajstić information content (AvgIpc) is 2.87.